The summed E-state index contributed by atoms with van der Waals surface area (Å²) in [4.78, 5) is 6.42. The Morgan fingerprint density at radius 3 is 2.70 bits per heavy atom. The maximum atomic E-state index is 5.32. The van der Waals surface area contributed by atoms with Gasteiger partial charge in [-0.3, -0.25) is 4.99 Å². The molecule has 0 aliphatic heterocycles. The lowest BCUT2D eigenvalue weighted by atomic mass is 10.1. The number of hydrogen-bond donors (Lipinski definition) is 2. The van der Waals surface area contributed by atoms with Gasteiger partial charge in [-0.25, -0.2) is 0 Å². The normalized spacial score (nSPS) is 13.0. The first-order valence-electron chi connectivity index (χ1n) is 7.95. The van der Waals surface area contributed by atoms with E-state index in [0.717, 1.165) is 31.4 Å². The summed E-state index contributed by atoms with van der Waals surface area (Å²) < 4.78 is 10.6. The van der Waals surface area contributed by atoms with Gasteiger partial charge in [0.2, 0.25) is 0 Å². The van der Waals surface area contributed by atoms with Crippen molar-refractivity contribution in [2.24, 2.45) is 4.99 Å². The van der Waals surface area contributed by atoms with Crippen LogP contribution in [0, 0.1) is 0 Å². The number of nitrogens with zero attached hydrogens (tertiary/aromatic N) is 2. The van der Waals surface area contributed by atoms with E-state index in [-0.39, 0.29) is 6.04 Å². The highest BCUT2D eigenvalue weighted by atomic mass is 16.5. The highest BCUT2D eigenvalue weighted by Crippen LogP contribution is 2.21. The molecule has 0 aliphatic rings. The Morgan fingerprint density at radius 1 is 1.30 bits per heavy atom. The molecule has 0 saturated heterocycles. The second kappa shape index (κ2) is 10.9. The van der Waals surface area contributed by atoms with Gasteiger partial charge < -0.3 is 25.0 Å². The van der Waals surface area contributed by atoms with Crippen molar-refractivity contribution in [1.82, 2.24) is 15.5 Å². The summed E-state index contributed by atoms with van der Waals surface area (Å²) in [6.45, 7) is 4.87. The van der Waals surface area contributed by atoms with Crippen LogP contribution in [0.25, 0.3) is 0 Å². The van der Waals surface area contributed by atoms with Crippen LogP contribution in [0.15, 0.2) is 29.3 Å². The van der Waals surface area contributed by atoms with Crippen LogP contribution in [0.3, 0.4) is 0 Å². The Labute approximate surface area is 139 Å². The number of benzene rings is 1. The van der Waals surface area contributed by atoms with E-state index >= 15 is 0 Å². The van der Waals surface area contributed by atoms with Crippen LogP contribution in [0.1, 0.15) is 18.5 Å². The Hall–Kier alpha value is -1.79. The molecule has 6 nitrogen and oxygen atoms in total. The van der Waals surface area contributed by atoms with Crippen molar-refractivity contribution in [2.75, 3.05) is 54.6 Å². The topological polar surface area (TPSA) is 58.1 Å². The summed E-state index contributed by atoms with van der Waals surface area (Å²) in [7, 11) is 7.59. The Balaban J connectivity index is 2.61. The molecule has 0 radical (unpaired) electrons. The molecule has 0 saturated carbocycles. The predicted molar refractivity (Wildman–Crippen MR) is 95.3 cm³/mol. The third kappa shape index (κ3) is 6.88. The van der Waals surface area contributed by atoms with E-state index in [1.54, 1.807) is 14.2 Å². The van der Waals surface area contributed by atoms with Gasteiger partial charge in [0.05, 0.1) is 19.8 Å². The third-order valence-corrected chi connectivity index (χ3v) is 3.53. The second-order valence-electron chi connectivity index (χ2n) is 5.33. The molecule has 2 N–H and O–H groups in total. The van der Waals surface area contributed by atoms with Gasteiger partial charge in [0.1, 0.15) is 5.75 Å². The molecule has 6 heteroatoms. The summed E-state index contributed by atoms with van der Waals surface area (Å²) in [6.07, 6.45) is 0. The lowest BCUT2D eigenvalue weighted by molar-refractivity contribution is 0.152. The largest absolute Gasteiger partial charge is 0.497 e. The SMILES string of the molecule is CCOCCNC(=NC)NCC(c1cccc(OC)c1)N(C)C. The van der Waals surface area contributed by atoms with Gasteiger partial charge in [0.15, 0.2) is 5.96 Å². The van der Waals surface area contributed by atoms with E-state index in [1.165, 1.54) is 5.56 Å². The van der Waals surface area contributed by atoms with Gasteiger partial charge in [-0.15, -0.1) is 0 Å². The molecule has 0 spiro atoms. The molecule has 1 atom stereocenters. The van der Waals surface area contributed by atoms with Crippen molar-refractivity contribution in [1.29, 1.82) is 0 Å². The second-order valence-corrected chi connectivity index (χ2v) is 5.33. The van der Waals surface area contributed by atoms with Crippen LogP contribution >= 0.6 is 0 Å². The Kier molecular flexibility index (Phi) is 9.09. The average molecular weight is 322 g/mol. The van der Waals surface area contributed by atoms with Crippen molar-refractivity contribution < 1.29 is 9.47 Å². The Bertz CT molecular complexity index is 477. The smallest absolute Gasteiger partial charge is 0.191 e. The summed E-state index contributed by atoms with van der Waals surface area (Å²) in [6, 6.07) is 8.37. The van der Waals surface area contributed by atoms with Gasteiger partial charge in [-0.1, -0.05) is 12.1 Å². The number of rotatable bonds is 9. The molecule has 0 fully saturated rings. The van der Waals surface area contributed by atoms with Crippen LogP contribution in [0.4, 0.5) is 0 Å². The molecule has 0 aliphatic carbocycles. The summed E-state index contributed by atoms with van der Waals surface area (Å²) in [5.74, 6) is 1.65. The van der Waals surface area contributed by atoms with E-state index < -0.39 is 0 Å². The minimum Gasteiger partial charge on any atom is -0.497 e. The van der Waals surface area contributed by atoms with E-state index in [1.807, 2.05) is 19.1 Å². The van der Waals surface area contributed by atoms with Crippen molar-refractivity contribution in [3.8, 4) is 5.75 Å². The van der Waals surface area contributed by atoms with Crippen LogP contribution in [-0.2, 0) is 4.74 Å². The molecule has 0 bridgehead atoms. The van der Waals surface area contributed by atoms with Crippen molar-refractivity contribution >= 4 is 5.96 Å². The standard InChI is InChI=1S/C17H30N4O2/c1-6-23-11-10-19-17(18-2)20-13-16(21(3)4)14-8-7-9-15(12-14)22-5/h7-9,12,16H,6,10-11,13H2,1-5H3,(H2,18,19,20). The first kappa shape index (κ1) is 19.3. The van der Waals surface area contributed by atoms with E-state index in [2.05, 4.69) is 46.8 Å². The van der Waals surface area contributed by atoms with Gasteiger partial charge in [-0.2, -0.15) is 0 Å². The molecule has 1 rings (SSSR count). The molecule has 1 aromatic rings. The molecule has 23 heavy (non-hydrogen) atoms. The summed E-state index contributed by atoms with van der Waals surface area (Å²) in [5.41, 5.74) is 1.20. The number of nitrogens with one attached hydrogen (secondary N) is 2. The number of guanidine groups is 1. The van der Waals surface area contributed by atoms with Gasteiger partial charge in [0.25, 0.3) is 0 Å². The number of hydrogen-bond acceptors (Lipinski definition) is 4. The van der Waals surface area contributed by atoms with Crippen LogP contribution in [0.2, 0.25) is 0 Å². The molecule has 0 aromatic heterocycles. The van der Waals surface area contributed by atoms with Crippen LogP contribution in [0.5, 0.6) is 5.75 Å². The average Bonchev–Trinajstić information content (AvgIpc) is 2.56. The van der Waals surface area contributed by atoms with Crippen molar-refractivity contribution in [3.63, 3.8) is 0 Å². The first-order chi connectivity index (χ1) is 11.1. The zero-order valence-corrected chi connectivity index (χ0v) is 14.9. The summed E-state index contributed by atoms with van der Waals surface area (Å²) >= 11 is 0. The fourth-order valence-corrected chi connectivity index (χ4v) is 2.25. The zero-order valence-electron chi connectivity index (χ0n) is 14.9. The minimum atomic E-state index is 0.218. The van der Waals surface area contributed by atoms with E-state index in [4.69, 9.17) is 9.47 Å². The molecule has 0 amide bonds. The number of methoxy groups -OCH3 is 1. The van der Waals surface area contributed by atoms with Crippen molar-refractivity contribution in [3.05, 3.63) is 29.8 Å². The molecule has 0 heterocycles. The van der Waals surface area contributed by atoms with Crippen molar-refractivity contribution in [2.45, 2.75) is 13.0 Å². The molecule has 1 unspecified atom stereocenters. The third-order valence-electron chi connectivity index (χ3n) is 3.53. The maximum Gasteiger partial charge on any atom is 0.191 e. The minimum absolute atomic E-state index is 0.218. The van der Waals surface area contributed by atoms with Gasteiger partial charge in [0, 0.05) is 26.7 Å². The number of likely N-dealkylation sites (N-methyl/N-ethyl adjacent to an activating group) is 1. The lowest BCUT2D eigenvalue weighted by Gasteiger charge is -2.26. The molecule has 130 valence electrons. The van der Waals surface area contributed by atoms with Crippen LogP contribution < -0.4 is 15.4 Å². The molecular formula is C17H30N4O2. The summed E-state index contributed by atoms with van der Waals surface area (Å²) in [5, 5.41) is 6.61. The number of aliphatic imine (C=N–C) groups is 1. The van der Waals surface area contributed by atoms with Gasteiger partial charge >= 0.3 is 0 Å². The predicted octanol–water partition coefficient (Wildman–Crippen LogP) is 1.50. The maximum absolute atomic E-state index is 5.32. The highest BCUT2D eigenvalue weighted by Gasteiger charge is 2.15. The Morgan fingerprint density at radius 2 is 2.09 bits per heavy atom. The zero-order chi connectivity index (χ0) is 17.1. The van der Waals surface area contributed by atoms with Gasteiger partial charge in [-0.05, 0) is 38.7 Å². The van der Waals surface area contributed by atoms with E-state index in [0.29, 0.717) is 6.61 Å². The fraction of sp³-hybridized carbons (Fsp3) is 0.588. The highest BCUT2D eigenvalue weighted by molar-refractivity contribution is 5.79. The quantitative estimate of drug-likeness (QED) is 0.410. The fourth-order valence-electron chi connectivity index (χ4n) is 2.25. The number of ether oxygens (including phenoxy) is 2. The first-order valence-corrected chi connectivity index (χ1v) is 7.95. The monoisotopic (exact) mass is 322 g/mol. The van der Waals surface area contributed by atoms with Crippen LogP contribution in [-0.4, -0.2) is 65.4 Å². The molecule has 1 aromatic carbocycles. The van der Waals surface area contributed by atoms with E-state index in [9.17, 15) is 0 Å². The lowest BCUT2D eigenvalue weighted by Crippen LogP contribution is -2.42. The molecular weight excluding hydrogens is 292 g/mol.